The van der Waals surface area contributed by atoms with Crippen LogP contribution in [0, 0.1) is 12.3 Å². The van der Waals surface area contributed by atoms with Crippen LogP contribution in [-0.2, 0) is 46.9 Å². The fraction of sp³-hybridized carbons (Fsp3) is 0.385. The van der Waals surface area contributed by atoms with Crippen LogP contribution in [0.1, 0.15) is 54.9 Å². The van der Waals surface area contributed by atoms with Crippen LogP contribution in [0.3, 0.4) is 0 Å². The third kappa shape index (κ3) is 5.16. The molecule has 2 aliphatic rings. The van der Waals surface area contributed by atoms with Crippen LogP contribution in [-0.4, -0.2) is 28.1 Å². The summed E-state index contributed by atoms with van der Waals surface area (Å²) in [6.07, 6.45) is 12.0. The molecule has 0 heterocycles. The van der Waals surface area contributed by atoms with E-state index in [9.17, 15) is 13.8 Å². The van der Waals surface area contributed by atoms with Crippen LogP contribution in [0.25, 0.3) is 0 Å². The minimum atomic E-state index is -3.42. The highest BCUT2D eigenvalue weighted by Gasteiger charge is 2.25. The molecule has 0 aromatic heterocycles. The number of benzene rings is 2. The molecule has 0 saturated heterocycles. The summed E-state index contributed by atoms with van der Waals surface area (Å²) in [5.74, 6) is 2.41. The lowest BCUT2D eigenvalue weighted by Crippen LogP contribution is -2.25. The number of nitrogens with zero attached hydrogens (tertiary/aromatic N) is 2. The van der Waals surface area contributed by atoms with Gasteiger partial charge in [0.25, 0.3) is 0 Å². The number of carbonyl (C=O) groups excluding carboxylic acids is 2. The lowest BCUT2D eigenvalue weighted by molar-refractivity contribution is -0.130. The summed E-state index contributed by atoms with van der Waals surface area (Å²) in [4.78, 5) is 26.7. The van der Waals surface area contributed by atoms with Gasteiger partial charge >= 0.3 is 6.03 Å². The molecular formula is C26H32N4O3S. The summed E-state index contributed by atoms with van der Waals surface area (Å²) in [6.45, 7) is 0.386. The molecule has 1 atom stereocenters. The fourth-order valence-electron chi connectivity index (χ4n) is 4.79. The van der Waals surface area contributed by atoms with E-state index >= 15 is 0 Å². The molecule has 2 aromatic carbocycles. The number of anilines is 1. The number of rotatable bonds is 6. The van der Waals surface area contributed by atoms with Crippen molar-refractivity contribution in [3.05, 3.63) is 58.1 Å². The summed E-state index contributed by atoms with van der Waals surface area (Å²) < 4.78 is 16.9. The number of nitrogens with two attached hydrogens (primary N) is 1. The van der Waals surface area contributed by atoms with Gasteiger partial charge in [0.15, 0.2) is 0 Å². The number of fused-ring (bicyclic) bond motifs is 2. The van der Waals surface area contributed by atoms with Crippen molar-refractivity contribution in [2.45, 2.75) is 62.8 Å². The number of amides is 3. The quantitative estimate of drug-likeness (QED) is 0.605. The molecule has 2 aliphatic carbocycles. The predicted octanol–water partition coefficient (Wildman–Crippen LogP) is 4.21. The average Bonchev–Trinajstić information content (AvgIpc) is 3.46. The highest BCUT2D eigenvalue weighted by Crippen LogP contribution is 2.38. The molecule has 1 unspecified atom stereocenters. The van der Waals surface area contributed by atoms with E-state index in [1.54, 1.807) is 36.2 Å². The number of terminal acetylenes is 1. The van der Waals surface area contributed by atoms with Gasteiger partial charge in [0.05, 0.1) is 4.90 Å². The molecule has 0 aliphatic heterocycles. The molecule has 8 heteroatoms. The van der Waals surface area contributed by atoms with Crippen molar-refractivity contribution in [2.24, 2.45) is 9.50 Å². The Morgan fingerprint density at radius 2 is 1.76 bits per heavy atom. The highest BCUT2D eigenvalue weighted by molar-refractivity contribution is 7.91. The first-order valence-corrected chi connectivity index (χ1v) is 13.1. The van der Waals surface area contributed by atoms with Crippen LogP contribution in [0.2, 0.25) is 0 Å². The normalized spacial score (nSPS) is 15.6. The third-order valence-corrected chi connectivity index (χ3v) is 7.90. The van der Waals surface area contributed by atoms with Crippen LogP contribution in [0.15, 0.2) is 39.6 Å². The van der Waals surface area contributed by atoms with Crippen molar-refractivity contribution in [1.82, 2.24) is 4.90 Å². The maximum absolute atomic E-state index is 13.1. The van der Waals surface area contributed by atoms with E-state index in [0.29, 0.717) is 19.4 Å². The lowest BCUT2D eigenvalue weighted by Gasteiger charge is -2.17. The molecular weight excluding hydrogens is 448 g/mol. The van der Waals surface area contributed by atoms with E-state index < -0.39 is 15.9 Å². The summed E-state index contributed by atoms with van der Waals surface area (Å²) in [5.41, 5.74) is 6.64. The van der Waals surface area contributed by atoms with Gasteiger partial charge in [-0.15, -0.1) is 16.7 Å². The van der Waals surface area contributed by atoms with Crippen LogP contribution in [0.5, 0.6) is 0 Å². The first-order valence-electron chi connectivity index (χ1n) is 11.6. The number of carbonyl (C=O) groups is 2. The monoisotopic (exact) mass is 480 g/mol. The van der Waals surface area contributed by atoms with Crippen LogP contribution < -0.4 is 10.5 Å². The Kier molecular flexibility index (Phi) is 7.05. The summed E-state index contributed by atoms with van der Waals surface area (Å²) in [7, 11) is -1.72. The van der Waals surface area contributed by atoms with Gasteiger partial charge in [0.1, 0.15) is 9.92 Å². The first kappa shape index (κ1) is 24.0. The van der Waals surface area contributed by atoms with Gasteiger partial charge in [0.2, 0.25) is 5.91 Å². The molecule has 0 spiro atoms. The zero-order chi connectivity index (χ0) is 24.3. The second-order valence-electron chi connectivity index (χ2n) is 8.92. The second kappa shape index (κ2) is 10.00. The Morgan fingerprint density at radius 1 is 1.15 bits per heavy atom. The van der Waals surface area contributed by atoms with E-state index in [-0.39, 0.29) is 12.2 Å². The minimum Gasteiger partial charge on any atom is -0.341 e. The van der Waals surface area contributed by atoms with Gasteiger partial charge in [-0.25, -0.2) is 14.1 Å². The molecule has 2 aromatic rings. The van der Waals surface area contributed by atoms with Gasteiger partial charge in [0, 0.05) is 33.5 Å². The molecule has 3 amide bonds. The molecule has 0 saturated carbocycles. The van der Waals surface area contributed by atoms with Gasteiger partial charge < -0.3 is 10.2 Å². The standard InChI is InChI=1S/C26H30N4O3S.H2/c1-3-4-11-24(31)30(2)17-18-12-14-21(15-13-18)34(27,33)29-26(32)28-25-22-9-5-7-19(22)16-20-8-6-10-23(20)25;/h1,12-16H,4-11,17H2,2H3,(H3,27,28,29,32,33);1H. The number of hydrogen-bond donors (Lipinski definition) is 2. The summed E-state index contributed by atoms with van der Waals surface area (Å²) >= 11 is 0. The molecule has 34 heavy (non-hydrogen) atoms. The van der Waals surface area contributed by atoms with Crippen molar-refractivity contribution in [1.29, 1.82) is 0 Å². The number of nitrogens with one attached hydrogen (secondary N) is 1. The largest absolute Gasteiger partial charge is 0.354 e. The van der Waals surface area contributed by atoms with Crippen molar-refractivity contribution >= 4 is 27.5 Å². The average molecular weight is 481 g/mol. The number of hydrogen-bond acceptors (Lipinski definition) is 3. The Morgan fingerprint density at radius 3 is 2.35 bits per heavy atom. The van der Waals surface area contributed by atoms with E-state index in [1.807, 2.05) is 0 Å². The highest BCUT2D eigenvalue weighted by atomic mass is 32.2. The zero-order valence-corrected chi connectivity index (χ0v) is 20.2. The van der Waals surface area contributed by atoms with Gasteiger partial charge in [-0.05, 0) is 78.5 Å². The maximum atomic E-state index is 13.1. The minimum absolute atomic E-state index is 0. The Balaban J connectivity index is 0.00000342. The van der Waals surface area contributed by atoms with E-state index in [0.717, 1.165) is 49.8 Å². The molecule has 7 nitrogen and oxygen atoms in total. The summed E-state index contributed by atoms with van der Waals surface area (Å²) in [5, 5.41) is 8.90. The summed E-state index contributed by atoms with van der Waals surface area (Å²) in [6, 6.07) is 8.24. The maximum Gasteiger partial charge on any atom is 0.354 e. The molecule has 4 rings (SSSR count). The Bertz CT molecular complexity index is 1260. The molecule has 0 bridgehead atoms. The molecule has 0 radical (unpaired) electrons. The third-order valence-electron chi connectivity index (χ3n) is 6.51. The second-order valence-corrected chi connectivity index (χ2v) is 10.7. The van der Waals surface area contributed by atoms with Gasteiger partial charge in [-0.3, -0.25) is 4.79 Å². The van der Waals surface area contributed by atoms with E-state index in [2.05, 4.69) is 21.7 Å². The fourth-order valence-corrected chi connectivity index (χ4v) is 5.72. The Labute approximate surface area is 202 Å². The zero-order valence-electron chi connectivity index (χ0n) is 19.4. The molecule has 180 valence electrons. The smallest absolute Gasteiger partial charge is 0.341 e. The molecule has 3 N–H and O–H groups in total. The van der Waals surface area contributed by atoms with Gasteiger partial charge in [-0.2, -0.15) is 0 Å². The SMILES string of the molecule is C#CCCC(=O)N(C)Cc1ccc(S(N)(=O)=NC(=O)Nc2c3c(cc4c2CCC4)CCC3)cc1.[HH]. The van der Waals surface area contributed by atoms with Crippen LogP contribution in [0.4, 0.5) is 10.5 Å². The van der Waals surface area contributed by atoms with E-state index in [4.69, 9.17) is 11.6 Å². The molecule has 0 fully saturated rings. The van der Waals surface area contributed by atoms with Crippen molar-refractivity contribution < 1.29 is 15.2 Å². The number of urea groups is 1. The predicted molar refractivity (Wildman–Crippen MR) is 136 cm³/mol. The van der Waals surface area contributed by atoms with Crippen molar-refractivity contribution in [3.63, 3.8) is 0 Å². The number of aryl methyl sites for hydroxylation is 2. The lowest BCUT2D eigenvalue weighted by atomic mass is 9.99. The van der Waals surface area contributed by atoms with E-state index in [1.165, 1.54) is 22.3 Å². The van der Waals surface area contributed by atoms with Crippen LogP contribution >= 0.6 is 0 Å². The topological polar surface area (TPSA) is 105 Å². The van der Waals surface area contributed by atoms with Crippen molar-refractivity contribution in [3.8, 4) is 12.3 Å². The first-order chi connectivity index (χ1) is 16.3. The Hall–Kier alpha value is -3.15. The van der Waals surface area contributed by atoms with Crippen molar-refractivity contribution in [2.75, 3.05) is 12.4 Å². The van der Waals surface area contributed by atoms with Gasteiger partial charge in [-0.1, -0.05) is 18.2 Å².